The Morgan fingerprint density at radius 3 is 2.50 bits per heavy atom. The van der Waals surface area contributed by atoms with Crippen LogP contribution in [0.1, 0.15) is 28.4 Å². The molecule has 2 saturated heterocycles. The summed E-state index contributed by atoms with van der Waals surface area (Å²) in [5.41, 5.74) is 2.71. The van der Waals surface area contributed by atoms with Gasteiger partial charge in [-0.1, -0.05) is 6.07 Å². The minimum Gasteiger partial charge on any atom is -0.353 e. The molecule has 0 spiro atoms. The lowest BCUT2D eigenvalue weighted by Gasteiger charge is -2.36. The molecule has 2 aliphatic heterocycles. The summed E-state index contributed by atoms with van der Waals surface area (Å²) in [5, 5.41) is 2.73. The van der Waals surface area contributed by atoms with E-state index in [1.54, 1.807) is 11.0 Å². The lowest BCUT2D eigenvalue weighted by molar-refractivity contribution is 0.0742. The summed E-state index contributed by atoms with van der Waals surface area (Å²) in [7, 11) is 0. The zero-order valence-corrected chi connectivity index (χ0v) is 17.5. The molecule has 1 aromatic heterocycles. The van der Waals surface area contributed by atoms with Gasteiger partial charge in [-0.05, 0) is 50.1 Å². The van der Waals surface area contributed by atoms with Gasteiger partial charge in [0.1, 0.15) is 11.6 Å². The molecule has 1 aromatic carbocycles. The van der Waals surface area contributed by atoms with Gasteiger partial charge in [0.2, 0.25) is 0 Å². The second kappa shape index (κ2) is 7.93. The smallest absolute Gasteiger partial charge is 0.322 e. The van der Waals surface area contributed by atoms with E-state index in [2.05, 4.69) is 21.3 Å². The van der Waals surface area contributed by atoms with E-state index in [9.17, 15) is 14.0 Å². The number of amides is 3. The molecule has 0 radical (unpaired) electrons. The van der Waals surface area contributed by atoms with Crippen LogP contribution >= 0.6 is 0 Å². The van der Waals surface area contributed by atoms with E-state index in [1.807, 2.05) is 27.0 Å². The second-order valence-corrected chi connectivity index (χ2v) is 8.00. The van der Waals surface area contributed by atoms with Crippen molar-refractivity contribution in [2.24, 2.45) is 0 Å². The minimum absolute atomic E-state index is 0.0316. The van der Waals surface area contributed by atoms with E-state index in [-0.39, 0.29) is 23.5 Å². The Bertz CT molecular complexity index is 987. The molecule has 7 nitrogen and oxygen atoms in total. The van der Waals surface area contributed by atoms with E-state index >= 15 is 0 Å². The predicted octanol–water partition coefficient (Wildman–Crippen LogP) is 2.72. The third kappa shape index (κ3) is 3.69. The highest BCUT2D eigenvalue weighted by Crippen LogP contribution is 2.25. The Labute approximate surface area is 175 Å². The standard InChI is InChI=1S/C22H26FN5O2/c1-14-10-15(2)20(24-12-14)26-6-8-27(9-7-26)21(29)18-5-4-17(11-19(18)23)28-16(3)13-25-22(28)30/h4-5,10-12,16H,6-9,13H2,1-3H3,(H,25,30)/t16-/m1/s1. The van der Waals surface area contributed by atoms with Crippen LogP contribution in [0.5, 0.6) is 0 Å². The van der Waals surface area contributed by atoms with Crippen molar-refractivity contribution in [1.29, 1.82) is 0 Å². The van der Waals surface area contributed by atoms with Gasteiger partial charge in [0.15, 0.2) is 0 Å². The van der Waals surface area contributed by atoms with Gasteiger partial charge in [0, 0.05) is 44.6 Å². The number of hydrogen-bond acceptors (Lipinski definition) is 4. The summed E-state index contributed by atoms with van der Waals surface area (Å²) in [6.45, 7) is 8.74. The normalized spacial score (nSPS) is 19.3. The number of hydrogen-bond donors (Lipinski definition) is 1. The largest absolute Gasteiger partial charge is 0.353 e. The SMILES string of the molecule is Cc1cnc(N2CCN(C(=O)c3ccc(N4C(=O)NC[C@H]4C)cc3F)CC2)c(C)c1. The van der Waals surface area contributed by atoms with Crippen LogP contribution < -0.4 is 15.1 Å². The number of nitrogens with zero attached hydrogens (tertiary/aromatic N) is 4. The Morgan fingerprint density at radius 1 is 1.17 bits per heavy atom. The first-order valence-electron chi connectivity index (χ1n) is 10.2. The second-order valence-electron chi connectivity index (χ2n) is 8.00. The topological polar surface area (TPSA) is 68.8 Å². The lowest BCUT2D eigenvalue weighted by atomic mass is 10.1. The van der Waals surface area contributed by atoms with E-state index in [4.69, 9.17) is 0 Å². The number of nitrogens with one attached hydrogen (secondary N) is 1. The van der Waals surface area contributed by atoms with Crippen molar-refractivity contribution in [2.75, 3.05) is 42.5 Å². The van der Waals surface area contributed by atoms with Crippen LogP contribution in [0.25, 0.3) is 0 Å². The minimum atomic E-state index is -0.608. The van der Waals surface area contributed by atoms with E-state index < -0.39 is 5.82 Å². The average molecular weight is 411 g/mol. The van der Waals surface area contributed by atoms with E-state index in [1.165, 1.54) is 17.0 Å². The maximum Gasteiger partial charge on any atom is 0.322 e. The van der Waals surface area contributed by atoms with Gasteiger partial charge in [-0.25, -0.2) is 14.2 Å². The molecule has 3 amide bonds. The first-order chi connectivity index (χ1) is 14.3. The van der Waals surface area contributed by atoms with Gasteiger partial charge in [0.05, 0.1) is 11.6 Å². The van der Waals surface area contributed by atoms with Gasteiger partial charge in [-0.15, -0.1) is 0 Å². The van der Waals surface area contributed by atoms with Crippen molar-refractivity contribution < 1.29 is 14.0 Å². The summed E-state index contributed by atoms with van der Waals surface area (Å²) in [6.07, 6.45) is 1.85. The van der Waals surface area contributed by atoms with Crippen LogP contribution in [0.2, 0.25) is 0 Å². The third-order valence-corrected chi connectivity index (χ3v) is 5.72. The molecule has 1 atom stereocenters. The Kier molecular flexibility index (Phi) is 5.32. The molecule has 4 rings (SSSR count). The number of urea groups is 1. The molecule has 1 N–H and O–H groups in total. The Morgan fingerprint density at radius 2 is 1.90 bits per heavy atom. The van der Waals surface area contributed by atoms with Crippen molar-refractivity contribution in [3.05, 3.63) is 53.0 Å². The molecule has 2 aliphatic rings. The molecule has 0 saturated carbocycles. The molecule has 2 aromatic rings. The van der Waals surface area contributed by atoms with Crippen molar-refractivity contribution in [3.8, 4) is 0 Å². The van der Waals surface area contributed by atoms with Gasteiger partial charge in [-0.2, -0.15) is 0 Å². The molecule has 0 bridgehead atoms. The number of rotatable bonds is 3. The molecular formula is C22H26FN5O2. The maximum absolute atomic E-state index is 14.8. The van der Waals surface area contributed by atoms with Crippen LogP contribution in [-0.4, -0.2) is 60.6 Å². The fourth-order valence-corrected chi connectivity index (χ4v) is 4.14. The molecular weight excluding hydrogens is 385 g/mol. The maximum atomic E-state index is 14.8. The Balaban J connectivity index is 1.45. The van der Waals surface area contributed by atoms with Crippen molar-refractivity contribution >= 4 is 23.4 Å². The average Bonchev–Trinajstić information content (AvgIpc) is 3.06. The molecule has 158 valence electrons. The summed E-state index contributed by atoms with van der Waals surface area (Å²) in [4.78, 5) is 34.7. The summed E-state index contributed by atoms with van der Waals surface area (Å²) in [6, 6.07) is 6.15. The van der Waals surface area contributed by atoms with Crippen molar-refractivity contribution in [2.45, 2.75) is 26.8 Å². The van der Waals surface area contributed by atoms with E-state index in [0.717, 1.165) is 16.9 Å². The molecule has 8 heteroatoms. The molecule has 3 heterocycles. The molecule has 30 heavy (non-hydrogen) atoms. The zero-order chi connectivity index (χ0) is 21.4. The number of aryl methyl sites for hydroxylation is 2. The Hall–Kier alpha value is -3.16. The molecule has 0 aliphatic carbocycles. The van der Waals surface area contributed by atoms with Gasteiger partial charge in [-0.3, -0.25) is 9.69 Å². The number of carbonyl (C=O) groups excluding carboxylic acids is 2. The highest BCUT2D eigenvalue weighted by atomic mass is 19.1. The van der Waals surface area contributed by atoms with Crippen molar-refractivity contribution in [3.63, 3.8) is 0 Å². The van der Waals surface area contributed by atoms with Crippen LogP contribution in [0.15, 0.2) is 30.5 Å². The summed E-state index contributed by atoms with van der Waals surface area (Å²) < 4.78 is 14.8. The third-order valence-electron chi connectivity index (χ3n) is 5.72. The fraction of sp³-hybridized carbons (Fsp3) is 0.409. The van der Waals surface area contributed by atoms with E-state index in [0.29, 0.717) is 38.4 Å². The van der Waals surface area contributed by atoms with Gasteiger partial charge in [0.25, 0.3) is 5.91 Å². The number of halogens is 1. The quantitative estimate of drug-likeness (QED) is 0.843. The zero-order valence-electron chi connectivity index (χ0n) is 17.5. The number of pyridine rings is 1. The fourth-order valence-electron chi connectivity index (χ4n) is 4.14. The summed E-state index contributed by atoms with van der Waals surface area (Å²) >= 11 is 0. The number of aromatic nitrogens is 1. The molecule has 0 unspecified atom stereocenters. The van der Waals surface area contributed by atoms with Crippen molar-refractivity contribution in [1.82, 2.24) is 15.2 Å². The number of piperazine rings is 1. The highest BCUT2D eigenvalue weighted by Gasteiger charge is 2.30. The lowest BCUT2D eigenvalue weighted by Crippen LogP contribution is -2.49. The first-order valence-corrected chi connectivity index (χ1v) is 10.2. The van der Waals surface area contributed by atoms with Crippen LogP contribution in [0.3, 0.4) is 0 Å². The molecule has 2 fully saturated rings. The highest BCUT2D eigenvalue weighted by molar-refractivity contribution is 5.97. The van der Waals surface area contributed by atoms with Gasteiger partial charge < -0.3 is 15.1 Å². The first kappa shape index (κ1) is 20.1. The summed E-state index contributed by atoms with van der Waals surface area (Å²) in [5.74, 6) is -0.00433. The predicted molar refractivity (Wildman–Crippen MR) is 114 cm³/mol. The van der Waals surface area contributed by atoms with Crippen LogP contribution in [0, 0.1) is 19.7 Å². The monoisotopic (exact) mass is 411 g/mol. The van der Waals surface area contributed by atoms with Gasteiger partial charge >= 0.3 is 6.03 Å². The number of carbonyl (C=O) groups is 2. The van der Waals surface area contributed by atoms with Crippen LogP contribution in [0.4, 0.5) is 20.7 Å². The number of anilines is 2. The number of benzene rings is 1. The van der Waals surface area contributed by atoms with Crippen LogP contribution in [-0.2, 0) is 0 Å².